The summed E-state index contributed by atoms with van der Waals surface area (Å²) in [7, 11) is 0. The molecule has 0 aliphatic carbocycles. The van der Waals surface area contributed by atoms with Crippen molar-refractivity contribution in [3.8, 4) is 5.69 Å². The van der Waals surface area contributed by atoms with Gasteiger partial charge < -0.3 is 4.57 Å². The van der Waals surface area contributed by atoms with Crippen LogP contribution in [0.15, 0.2) is 48.5 Å². The van der Waals surface area contributed by atoms with E-state index in [-0.39, 0.29) is 10.6 Å². The van der Waals surface area contributed by atoms with Crippen LogP contribution in [0, 0.1) is 34.5 Å². The molecule has 0 unspecified atom stereocenters. The van der Waals surface area contributed by atoms with Gasteiger partial charge in [0, 0.05) is 32.8 Å². The van der Waals surface area contributed by atoms with Crippen molar-refractivity contribution in [3.05, 3.63) is 90.3 Å². The van der Waals surface area contributed by atoms with E-state index in [1.165, 1.54) is 32.7 Å². The van der Waals surface area contributed by atoms with Crippen molar-refractivity contribution < 1.29 is 4.92 Å². The Balaban J connectivity index is 1.92. The lowest BCUT2D eigenvalue weighted by Crippen LogP contribution is -2.00. The van der Waals surface area contributed by atoms with Gasteiger partial charge in [-0.3, -0.25) is 10.1 Å². The molecule has 0 bridgehead atoms. The lowest BCUT2D eigenvalue weighted by Gasteiger charge is -2.11. The summed E-state index contributed by atoms with van der Waals surface area (Å²) in [5.74, 6) is 0. The molecule has 0 N–H and O–H groups in total. The molecule has 1 heterocycles. The quantitative estimate of drug-likeness (QED) is 0.270. The average molecular weight is 458 g/mol. The van der Waals surface area contributed by atoms with Crippen LogP contribution in [0.4, 0.5) is 5.69 Å². The SMILES string of the molecule is Cc1cc(-n2c(C)cc(C=Cc3ccc([N+](=O)[O-])cc3)c2C)ccc1I. The van der Waals surface area contributed by atoms with E-state index < -0.39 is 0 Å². The van der Waals surface area contributed by atoms with Crippen LogP contribution < -0.4 is 0 Å². The van der Waals surface area contributed by atoms with Crippen molar-refractivity contribution in [2.45, 2.75) is 20.8 Å². The Morgan fingerprint density at radius 2 is 1.69 bits per heavy atom. The standard InChI is InChI=1S/C21H19IN2O2/c1-14-12-20(10-11-21(14)22)23-15(2)13-18(16(23)3)7-4-17-5-8-19(9-6-17)24(25)26/h4-13H,1-3H3. The number of non-ortho nitro benzene ring substituents is 1. The highest BCUT2D eigenvalue weighted by Crippen LogP contribution is 2.25. The lowest BCUT2D eigenvalue weighted by atomic mass is 10.1. The first-order chi connectivity index (χ1) is 12.4. The fourth-order valence-electron chi connectivity index (χ4n) is 3.01. The van der Waals surface area contributed by atoms with E-state index >= 15 is 0 Å². The minimum absolute atomic E-state index is 0.106. The second-order valence-electron chi connectivity index (χ2n) is 6.28. The first kappa shape index (κ1) is 18.4. The van der Waals surface area contributed by atoms with Crippen LogP contribution in [-0.2, 0) is 0 Å². The number of halogens is 1. The Labute approximate surface area is 166 Å². The topological polar surface area (TPSA) is 48.1 Å². The van der Waals surface area contributed by atoms with Gasteiger partial charge in [-0.25, -0.2) is 0 Å². The fourth-order valence-corrected chi connectivity index (χ4v) is 3.35. The Kier molecular flexibility index (Phi) is 5.27. The van der Waals surface area contributed by atoms with E-state index in [1.54, 1.807) is 12.1 Å². The molecule has 0 atom stereocenters. The van der Waals surface area contributed by atoms with Crippen molar-refractivity contribution in [1.82, 2.24) is 4.57 Å². The zero-order valence-electron chi connectivity index (χ0n) is 14.9. The molecule has 0 spiro atoms. The maximum absolute atomic E-state index is 10.7. The van der Waals surface area contributed by atoms with Gasteiger partial charge in [0.25, 0.3) is 5.69 Å². The minimum Gasteiger partial charge on any atom is -0.318 e. The Morgan fingerprint density at radius 1 is 1.00 bits per heavy atom. The molecule has 2 aromatic carbocycles. The Morgan fingerprint density at radius 3 is 2.31 bits per heavy atom. The van der Waals surface area contributed by atoms with E-state index in [9.17, 15) is 10.1 Å². The molecular weight excluding hydrogens is 439 g/mol. The second-order valence-corrected chi connectivity index (χ2v) is 7.44. The molecule has 0 aliphatic rings. The van der Waals surface area contributed by atoms with Crippen molar-refractivity contribution >= 4 is 40.4 Å². The third-order valence-electron chi connectivity index (χ3n) is 4.43. The van der Waals surface area contributed by atoms with Gasteiger partial charge in [-0.1, -0.05) is 12.2 Å². The maximum atomic E-state index is 10.7. The van der Waals surface area contributed by atoms with Gasteiger partial charge in [0.15, 0.2) is 0 Å². The molecule has 0 fully saturated rings. The number of aromatic nitrogens is 1. The number of hydrogen-bond donors (Lipinski definition) is 0. The molecule has 0 aliphatic heterocycles. The fraction of sp³-hybridized carbons (Fsp3) is 0.143. The van der Waals surface area contributed by atoms with Crippen molar-refractivity contribution in [2.24, 2.45) is 0 Å². The molecule has 0 saturated heterocycles. The summed E-state index contributed by atoms with van der Waals surface area (Å²) in [5.41, 5.74) is 6.94. The molecule has 1 aromatic heterocycles. The number of hydrogen-bond acceptors (Lipinski definition) is 2. The first-order valence-electron chi connectivity index (χ1n) is 8.25. The second kappa shape index (κ2) is 7.45. The number of nitro benzene ring substituents is 1. The Hall–Kier alpha value is -2.41. The normalized spacial score (nSPS) is 11.2. The summed E-state index contributed by atoms with van der Waals surface area (Å²) in [6, 6.07) is 15.2. The summed E-state index contributed by atoms with van der Waals surface area (Å²) in [5, 5.41) is 10.7. The molecule has 5 heteroatoms. The van der Waals surface area contributed by atoms with E-state index in [0.717, 1.165) is 16.8 Å². The molecule has 132 valence electrons. The highest BCUT2D eigenvalue weighted by molar-refractivity contribution is 14.1. The average Bonchev–Trinajstić information content (AvgIpc) is 2.90. The first-order valence-corrected chi connectivity index (χ1v) is 9.32. The predicted molar refractivity (Wildman–Crippen MR) is 115 cm³/mol. The molecular formula is C21H19IN2O2. The van der Waals surface area contributed by atoms with Crippen LogP contribution in [0.1, 0.15) is 28.1 Å². The molecule has 3 rings (SSSR count). The van der Waals surface area contributed by atoms with Crippen LogP contribution in [-0.4, -0.2) is 9.49 Å². The summed E-state index contributed by atoms with van der Waals surface area (Å²) in [6.45, 7) is 6.33. The van der Waals surface area contributed by atoms with Crippen molar-refractivity contribution in [2.75, 3.05) is 0 Å². The lowest BCUT2D eigenvalue weighted by molar-refractivity contribution is -0.384. The van der Waals surface area contributed by atoms with E-state index in [1.807, 2.05) is 6.08 Å². The van der Waals surface area contributed by atoms with Gasteiger partial charge in [0.2, 0.25) is 0 Å². The van der Waals surface area contributed by atoms with Crippen molar-refractivity contribution in [3.63, 3.8) is 0 Å². The summed E-state index contributed by atoms with van der Waals surface area (Å²) in [6.07, 6.45) is 4.04. The molecule has 4 nitrogen and oxygen atoms in total. The minimum atomic E-state index is -0.385. The monoisotopic (exact) mass is 458 g/mol. The molecule has 26 heavy (non-hydrogen) atoms. The van der Waals surface area contributed by atoms with Gasteiger partial charge in [-0.2, -0.15) is 0 Å². The van der Waals surface area contributed by atoms with Gasteiger partial charge in [-0.05, 0) is 96.5 Å². The van der Waals surface area contributed by atoms with Crippen LogP contribution >= 0.6 is 22.6 Å². The van der Waals surface area contributed by atoms with Gasteiger partial charge in [0.05, 0.1) is 4.92 Å². The maximum Gasteiger partial charge on any atom is 0.269 e. The molecule has 0 radical (unpaired) electrons. The largest absolute Gasteiger partial charge is 0.318 e. The number of nitro groups is 1. The third kappa shape index (κ3) is 3.72. The highest BCUT2D eigenvalue weighted by Gasteiger charge is 2.10. The van der Waals surface area contributed by atoms with Crippen molar-refractivity contribution in [1.29, 1.82) is 0 Å². The van der Waals surface area contributed by atoms with Crippen LogP contribution in [0.5, 0.6) is 0 Å². The van der Waals surface area contributed by atoms with E-state index in [0.29, 0.717) is 0 Å². The van der Waals surface area contributed by atoms with Gasteiger partial charge >= 0.3 is 0 Å². The smallest absolute Gasteiger partial charge is 0.269 e. The van der Waals surface area contributed by atoms with Crippen LogP contribution in [0.25, 0.3) is 17.8 Å². The highest BCUT2D eigenvalue weighted by atomic mass is 127. The van der Waals surface area contributed by atoms with Gasteiger partial charge in [0.1, 0.15) is 0 Å². The molecule has 3 aromatic rings. The summed E-state index contributed by atoms with van der Waals surface area (Å²) < 4.78 is 3.51. The number of aryl methyl sites for hydroxylation is 2. The third-order valence-corrected chi connectivity index (χ3v) is 5.64. The summed E-state index contributed by atoms with van der Waals surface area (Å²) >= 11 is 2.35. The Bertz CT molecular complexity index is 1000. The van der Waals surface area contributed by atoms with E-state index in [4.69, 9.17) is 0 Å². The number of benzene rings is 2. The van der Waals surface area contributed by atoms with Crippen LogP contribution in [0.2, 0.25) is 0 Å². The van der Waals surface area contributed by atoms with E-state index in [2.05, 4.69) is 78.3 Å². The molecule has 0 amide bonds. The van der Waals surface area contributed by atoms with Gasteiger partial charge in [-0.15, -0.1) is 0 Å². The zero-order valence-corrected chi connectivity index (χ0v) is 17.0. The zero-order chi connectivity index (χ0) is 18.8. The van der Waals surface area contributed by atoms with Crippen LogP contribution in [0.3, 0.4) is 0 Å². The molecule has 0 saturated carbocycles. The summed E-state index contributed by atoms with van der Waals surface area (Å²) in [4.78, 5) is 10.4. The predicted octanol–water partition coefficient (Wildman–Crippen LogP) is 6.09. The number of nitrogens with zero attached hydrogens (tertiary/aromatic N) is 2. The number of rotatable bonds is 4.